The van der Waals surface area contributed by atoms with E-state index >= 15 is 0 Å². The Kier molecular flexibility index (Phi) is 5.21. The van der Waals surface area contributed by atoms with E-state index in [0.717, 1.165) is 18.5 Å². The molecule has 1 amide bonds. The van der Waals surface area contributed by atoms with Crippen LogP contribution in [0.1, 0.15) is 30.0 Å². The van der Waals surface area contributed by atoms with Crippen molar-refractivity contribution in [3.8, 4) is 0 Å². The number of nitrogens with zero attached hydrogens (tertiary/aromatic N) is 3. The van der Waals surface area contributed by atoms with Crippen LogP contribution in [-0.4, -0.2) is 27.2 Å². The van der Waals surface area contributed by atoms with Gasteiger partial charge in [-0.1, -0.05) is 0 Å². The van der Waals surface area contributed by atoms with Gasteiger partial charge < -0.3 is 5.32 Å². The third kappa shape index (κ3) is 4.62. The molecule has 0 aliphatic heterocycles. The van der Waals surface area contributed by atoms with Crippen LogP contribution in [-0.2, 0) is 11.3 Å². The van der Waals surface area contributed by atoms with Crippen molar-refractivity contribution in [2.45, 2.75) is 25.3 Å². The lowest BCUT2D eigenvalue weighted by molar-refractivity contribution is -0.384. The fourth-order valence-electron chi connectivity index (χ4n) is 2.44. The summed E-state index contributed by atoms with van der Waals surface area (Å²) in [7, 11) is 0. The van der Waals surface area contributed by atoms with E-state index in [1.165, 1.54) is 29.0 Å². The molecule has 1 heterocycles. The second-order valence-corrected chi connectivity index (χ2v) is 6.07. The molecule has 0 saturated heterocycles. The van der Waals surface area contributed by atoms with Crippen molar-refractivity contribution in [2.24, 2.45) is 0 Å². The van der Waals surface area contributed by atoms with Crippen LogP contribution < -0.4 is 10.9 Å². The van der Waals surface area contributed by atoms with Crippen LogP contribution in [0.15, 0.2) is 47.3 Å². The predicted octanol–water partition coefficient (Wildman–Crippen LogP) is 1.86. The molecule has 26 heavy (non-hydrogen) atoms. The van der Waals surface area contributed by atoms with Crippen molar-refractivity contribution >= 4 is 17.7 Å². The molecule has 0 atom stereocenters. The fourth-order valence-corrected chi connectivity index (χ4v) is 2.44. The van der Waals surface area contributed by atoms with Gasteiger partial charge in [0.2, 0.25) is 5.91 Å². The first kappa shape index (κ1) is 17.5. The van der Waals surface area contributed by atoms with E-state index in [1.807, 2.05) is 0 Å². The zero-order chi connectivity index (χ0) is 18.5. The lowest BCUT2D eigenvalue weighted by Crippen LogP contribution is -2.31. The van der Waals surface area contributed by atoms with Crippen molar-refractivity contribution < 1.29 is 9.72 Å². The molecule has 0 unspecified atom stereocenters. The number of carbonyl (C=O) groups excluding carboxylic acids is 1. The number of nitro groups is 1. The van der Waals surface area contributed by atoms with E-state index in [4.69, 9.17) is 0 Å². The largest absolute Gasteiger partial charge is 0.351 e. The molecular formula is C18H18N4O4. The maximum absolute atomic E-state index is 11.8. The Labute approximate surface area is 149 Å². The highest BCUT2D eigenvalue weighted by atomic mass is 16.6. The Balaban J connectivity index is 1.50. The van der Waals surface area contributed by atoms with E-state index in [2.05, 4.69) is 10.4 Å². The van der Waals surface area contributed by atoms with Gasteiger partial charge in [-0.2, -0.15) is 5.10 Å². The van der Waals surface area contributed by atoms with Crippen molar-refractivity contribution in [3.63, 3.8) is 0 Å². The summed E-state index contributed by atoms with van der Waals surface area (Å²) in [4.78, 5) is 33.8. The Morgan fingerprint density at radius 3 is 2.65 bits per heavy atom. The highest BCUT2D eigenvalue weighted by molar-refractivity contribution is 5.91. The van der Waals surface area contributed by atoms with Gasteiger partial charge in [-0.3, -0.25) is 19.7 Å². The lowest BCUT2D eigenvalue weighted by Gasteiger charge is -2.07. The standard InChI is InChI=1S/C18H18N4O4/c23-17(9-3-13-1-6-15(7-2-13)22(25)26)19-11-12-21-18(24)10-8-16(20-21)14-4-5-14/h1-3,6-10,14H,4-5,11-12H2,(H,19,23)/b9-3+. The van der Waals surface area contributed by atoms with E-state index in [-0.39, 0.29) is 23.7 Å². The van der Waals surface area contributed by atoms with Gasteiger partial charge in [-0.25, -0.2) is 4.68 Å². The number of carbonyl (C=O) groups is 1. The molecule has 0 bridgehead atoms. The number of nitrogens with one attached hydrogen (secondary N) is 1. The molecule has 1 N–H and O–H groups in total. The minimum atomic E-state index is -0.478. The minimum absolute atomic E-state index is 0.00188. The van der Waals surface area contributed by atoms with Gasteiger partial charge in [-0.05, 0) is 42.7 Å². The van der Waals surface area contributed by atoms with E-state index < -0.39 is 4.92 Å². The number of aromatic nitrogens is 2. The summed E-state index contributed by atoms with van der Waals surface area (Å²) in [5.74, 6) is 0.149. The van der Waals surface area contributed by atoms with Gasteiger partial charge in [0, 0.05) is 36.7 Å². The molecule has 2 aromatic rings. The molecule has 1 fully saturated rings. The Bertz CT molecular complexity index is 898. The molecule has 3 rings (SSSR count). The summed E-state index contributed by atoms with van der Waals surface area (Å²) >= 11 is 0. The summed E-state index contributed by atoms with van der Waals surface area (Å²) < 4.78 is 1.37. The maximum Gasteiger partial charge on any atom is 0.269 e. The molecule has 134 valence electrons. The van der Waals surface area contributed by atoms with Gasteiger partial charge >= 0.3 is 0 Å². The van der Waals surface area contributed by atoms with Crippen LogP contribution in [0.2, 0.25) is 0 Å². The minimum Gasteiger partial charge on any atom is -0.351 e. The molecule has 1 aromatic heterocycles. The SMILES string of the molecule is O=C(/C=C/c1ccc([N+](=O)[O-])cc1)NCCn1nc(C2CC2)ccc1=O. The average molecular weight is 354 g/mol. The van der Waals surface area contributed by atoms with Crippen molar-refractivity contribution in [2.75, 3.05) is 6.54 Å². The highest BCUT2D eigenvalue weighted by Gasteiger charge is 2.25. The monoisotopic (exact) mass is 354 g/mol. The van der Waals surface area contributed by atoms with Crippen LogP contribution in [0.5, 0.6) is 0 Å². The maximum atomic E-state index is 11.8. The highest BCUT2D eigenvalue weighted by Crippen LogP contribution is 2.38. The van der Waals surface area contributed by atoms with Gasteiger partial charge in [0.05, 0.1) is 17.2 Å². The number of rotatable bonds is 7. The molecule has 8 nitrogen and oxygen atoms in total. The van der Waals surface area contributed by atoms with Crippen molar-refractivity contribution in [3.05, 3.63) is 74.2 Å². The van der Waals surface area contributed by atoms with Crippen molar-refractivity contribution in [1.82, 2.24) is 15.1 Å². The van der Waals surface area contributed by atoms with E-state index in [0.29, 0.717) is 18.0 Å². The first-order chi connectivity index (χ1) is 12.5. The summed E-state index contributed by atoms with van der Waals surface area (Å²) in [6.07, 6.45) is 5.12. The van der Waals surface area contributed by atoms with Crippen LogP contribution in [0.4, 0.5) is 5.69 Å². The molecule has 0 radical (unpaired) electrons. The quantitative estimate of drug-likeness (QED) is 0.464. The van der Waals surface area contributed by atoms with Crippen LogP contribution in [0.25, 0.3) is 6.08 Å². The lowest BCUT2D eigenvalue weighted by atomic mass is 10.2. The molecule has 1 saturated carbocycles. The van der Waals surface area contributed by atoms with Crippen LogP contribution >= 0.6 is 0 Å². The molecule has 0 spiro atoms. The third-order valence-corrected chi connectivity index (χ3v) is 4.04. The number of hydrogen-bond donors (Lipinski definition) is 1. The fraction of sp³-hybridized carbons (Fsp3) is 0.278. The molecule has 1 aliphatic carbocycles. The van der Waals surface area contributed by atoms with Gasteiger partial charge in [0.1, 0.15) is 0 Å². The summed E-state index contributed by atoms with van der Waals surface area (Å²) in [6.45, 7) is 0.584. The van der Waals surface area contributed by atoms with Crippen LogP contribution in [0.3, 0.4) is 0 Å². The van der Waals surface area contributed by atoms with Gasteiger partial charge in [-0.15, -0.1) is 0 Å². The normalized spacial score (nSPS) is 13.7. The number of nitro benzene ring substituents is 1. The average Bonchev–Trinajstić information content (AvgIpc) is 3.47. The Hall–Kier alpha value is -3.29. The first-order valence-corrected chi connectivity index (χ1v) is 8.31. The predicted molar refractivity (Wildman–Crippen MR) is 95.6 cm³/mol. The summed E-state index contributed by atoms with van der Waals surface area (Å²) in [5.41, 5.74) is 1.41. The number of hydrogen-bond acceptors (Lipinski definition) is 5. The van der Waals surface area contributed by atoms with Crippen molar-refractivity contribution in [1.29, 1.82) is 0 Å². The van der Waals surface area contributed by atoms with E-state index in [9.17, 15) is 19.7 Å². The number of non-ortho nitro benzene ring substituents is 1. The first-order valence-electron chi connectivity index (χ1n) is 8.31. The van der Waals surface area contributed by atoms with Gasteiger partial charge in [0.15, 0.2) is 0 Å². The van der Waals surface area contributed by atoms with Crippen LogP contribution in [0, 0.1) is 10.1 Å². The second-order valence-electron chi connectivity index (χ2n) is 6.07. The second kappa shape index (κ2) is 7.73. The van der Waals surface area contributed by atoms with E-state index in [1.54, 1.807) is 24.3 Å². The summed E-state index contributed by atoms with van der Waals surface area (Å²) in [6, 6.07) is 9.16. The molecular weight excluding hydrogens is 336 g/mol. The molecule has 1 aromatic carbocycles. The zero-order valence-corrected chi connectivity index (χ0v) is 14.0. The zero-order valence-electron chi connectivity index (χ0n) is 14.0. The Morgan fingerprint density at radius 1 is 1.27 bits per heavy atom. The third-order valence-electron chi connectivity index (χ3n) is 4.04. The Morgan fingerprint density at radius 2 is 2.00 bits per heavy atom. The van der Waals surface area contributed by atoms with Gasteiger partial charge in [0.25, 0.3) is 11.2 Å². The molecule has 1 aliphatic rings. The number of amides is 1. The summed E-state index contributed by atoms with van der Waals surface area (Å²) in [5, 5.41) is 17.6. The topological polar surface area (TPSA) is 107 Å². The smallest absolute Gasteiger partial charge is 0.269 e. The number of benzene rings is 1. The molecule has 8 heteroatoms.